The minimum absolute atomic E-state index is 0.604. The van der Waals surface area contributed by atoms with Gasteiger partial charge in [-0.25, -0.2) is 4.98 Å². The fourth-order valence-corrected chi connectivity index (χ4v) is 4.06. The van der Waals surface area contributed by atoms with Crippen LogP contribution < -0.4 is 5.32 Å². The molecule has 0 bridgehead atoms. The molecule has 1 aliphatic rings. The molecule has 0 amide bonds. The molecule has 1 fully saturated rings. The van der Waals surface area contributed by atoms with Crippen LogP contribution in [0.15, 0.2) is 23.6 Å². The molecule has 100 valence electrons. The first-order valence-corrected chi connectivity index (χ1v) is 7.68. The van der Waals surface area contributed by atoms with E-state index in [9.17, 15) is 0 Å². The van der Waals surface area contributed by atoms with Gasteiger partial charge < -0.3 is 5.32 Å². The summed E-state index contributed by atoms with van der Waals surface area (Å²) in [6, 6.07) is 0.604. The van der Waals surface area contributed by atoms with Crippen molar-refractivity contribution in [2.75, 3.05) is 7.05 Å². The molecular formula is C14H23N3S. The zero-order valence-electron chi connectivity index (χ0n) is 11.5. The van der Waals surface area contributed by atoms with Crippen LogP contribution in [-0.4, -0.2) is 28.3 Å². The monoisotopic (exact) mass is 265 g/mol. The zero-order valence-corrected chi connectivity index (χ0v) is 12.3. The Kier molecular flexibility index (Phi) is 5.01. The van der Waals surface area contributed by atoms with Gasteiger partial charge in [0, 0.05) is 23.7 Å². The van der Waals surface area contributed by atoms with Crippen molar-refractivity contribution in [1.29, 1.82) is 0 Å². The molecular weight excluding hydrogens is 242 g/mol. The molecule has 0 aliphatic heterocycles. The lowest BCUT2D eigenvalue weighted by Crippen LogP contribution is -2.41. The van der Waals surface area contributed by atoms with Crippen LogP contribution in [0.1, 0.15) is 33.1 Å². The molecule has 1 N–H and O–H groups in total. The van der Waals surface area contributed by atoms with Crippen molar-refractivity contribution in [3.63, 3.8) is 0 Å². The average Bonchev–Trinajstić information content (AvgIpc) is 2.39. The van der Waals surface area contributed by atoms with Gasteiger partial charge in [-0.15, -0.1) is 0 Å². The van der Waals surface area contributed by atoms with E-state index in [4.69, 9.17) is 0 Å². The molecule has 3 nitrogen and oxygen atoms in total. The van der Waals surface area contributed by atoms with Crippen molar-refractivity contribution in [3.8, 4) is 0 Å². The third-order valence-corrected chi connectivity index (χ3v) is 5.23. The van der Waals surface area contributed by atoms with E-state index in [1.54, 1.807) is 12.4 Å². The Morgan fingerprint density at radius 2 is 2.17 bits per heavy atom. The molecule has 0 radical (unpaired) electrons. The van der Waals surface area contributed by atoms with Gasteiger partial charge in [0.05, 0.1) is 6.20 Å². The summed E-state index contributed by atoms with van der Waals surface area (Å²) in [6.45, 7) is 4.68. The van der Waals surface area contributed by atoms with Crippen LogP contribution in [0.2, 0.25) is 0 Å². The summed E-state index contributed by atoms with van der Waals surface area (Å²) in [5.74, 6) is 1.64. The fourth-order valence-electron chi connectivity index (χ4n) is 2.73. The van der Waals surface area contributed by atoms with Crippen LogP contribution >= 0.6 is 11.8 Å². The number of aromatic nitrogens is 2. The second-order valence-electron chi connectivity index (χ2n) is 5.41. The molecule has 2 rings (SSSR count). The summed E-state index contributed by atoms with van der Waals surface area (Å²) >= 11 is 1.88. The summed E-state index contributed by atoms with van der Waals surface area (Å²) in [6.07, 6.45) is 9.29. The van der Waals surface area contributed by atoms with Crippen molar-refractivity contribution in [1.82, 2.24) is 15.3 Å². The highest BCUT2D eigenvalue weighted by molar-refractivity contribution is 7.99. The van der Waals surface area contributed by atoms with E-state index in [2.05, 4.69) is 36.2 Å². The molecule has 3 unspecified atom stereocenters. The quantitative estimate of drug-likeness (QED) is 0.908. The van der Waals surface area contributed by atoms with E-state index >= 15 is 0 Å². The van der Waals surface area contributed by atoms with Gasteiger partial charge in [0.2, 0.25) is 0 Å². The molecule has 1 aliphatic carbocycles. The van der Waals surface area contributed by atoms with Crippen LogP contribution in [-0.2, 0) is 0 Å². The number of thioether (sulfide) groups is 1. The van der Waals surface area contributed by atoms with Crippen LogP contribution in [0.25, 0.3) is 0 Å². The second kappa shape index (κ2) is 6.53. The Hall–Kier alpha value is -0.610. The molecule has 4 heteroatoms. The standard InChI is InChI=1S/C14H23N3S/c1-10(2)11-4-5-12(15-3)13(8-11)18-14-9-16-6-7-17-14/h6-7,9-13,15H,4-5,8H2,1-3H3. The Labute approximate surface area is 114 Å². The molecule has 0 saturated heterocycles. The van der Waals surface area contributed by atoms with Gasteiger partial charge in [-0.2, -0.15) is 0 Å². The predicted octanol–water partition coefficient (Wildman–Crippen LogP) is 2.98. The minimum Gasteiger partial charge on any atom is -0.316 e. The van der Waals surface area contributed by atoms with E-state index < -0.39 is 0 Å². The lowest BCUT2D eigenvalue weighted by Gasteiger charge is -2.37. The Bertz CT molecular complexity index is 355. The van der Waals surface area contributed by atoms with Gasteiger partial charge in [0.1, 0.15) is 5.03 Å². The van der Waals surface area contributed by atoms with Crippen molar-refractivity contribution in [2.24, 2.45) is 11.8 Å². The second-order valence-corrected chi connectivity index (χ2v) is 6.67. The first kappa shape index (κ1) is 13.8. The summed E-state index contributed by atoms with van der Waals surface area (Å²) in [5.41, 5.74) is 0. The third kappa shape index (κ3) is 3.45. The molecule has 18 heavy (non-hydrogen) atoms. The van der Waals surface area contributed by atoms with Gasteiger partial charge in [-0.3, -0.25) is 4.98 Å². The molecule has 1 aromatic heterocycles. The van der Waals surface area contributed by atoms with E-state index in [0.717, 1.165) is 16.9 Å². The maximum atomic E-state index is 4.38. The number of nitrogens with zero attached hydrogens (tertiary/aromatic N) is 2. The first-order valence-electron chi connectivity index (χ1n) is 6.80. The smallest absolute Gasteiger partial charge is 0.115 e. The number of hydrogen-bond donors (Lipinski definition) is 1. The topological polar surface area (TPSA) is 37.8 Å². The van der Waals surface area contributed by atoms with E-state index in [0.29, 0.717) is 11.3 Å². The van der Waals surface area contributed by atoms with Crippen molar-refractivity contribution in [3.05, 3.63) is 18.6 Å². The molecule has 0 spiro atoms. The van der Waals surface area contributed by atoms with Crippen molar-refractivity contribution >= 4 is 11.8 Å². The van der Waals surface area contributed by atoms with E-state index in [1.165, 1.54) is 19.3 Å². The number of rotatable bonds is 4. The van der Waals surface area contributed by atoms with Crippen LogP contribution in [0.3, 0.4) is 0 Å². The normalized spacial score (nSPS) is 28.6. The highest BCUT2D eigenvalue weighted by atomic mass is 32.2. The van der Waals surface area contributed by atoms with Crippen LogP contribution in [0, 0.1) is 11.8 Å². The van der Waals surface area contributed by atoms with Gasteiger partial charge >= 0.3 is 0 Å². The van der Waals surface area contributed by atoms with Gasteiger partial charge in [-0.1, -0.05) is 25.6 Å². The van der Waals surface area contributed by atoms with E-state index in [-0.39, 0.29) is 0 Å². The van der Waals surface area contributed by atoms with Crippen LogP contribution in [0.4, 0.5) is 0 Å². The van der Waals surface area contributed by atoms with Gasteiger partial charge in [0.15, 0.2) is 0 Å². The Balaban J connectivity index is 2.02. The molecule has 1 aromatic rings. The first-order chi connectivity index (χ1) is 8.70. The number of nitrogens with one attached hydrogen (secondary N) is 1. The lowest BCUT2D eigenvalue weighted by atomic mass is 9.79. The fraction of sp³-hybridized carbons (Fsp3) is 0.714. The highest BCUT2D eigenvalue weighted by Gasteiger charge is 2.31. The molecule has 0 aromatic carbocycles. The van der Waals surface area contributed by atoms with Crippen LogP contribution in [0.5, 0.6) is 0 Å². The largest absolute Gasteiger partial charge is 0.316 e. The molecule has 1 heterocycles. The lowest BCUT2D eigenvalue weighted by molar-refractivity contribution is 0.251. The highest BCUT2D eigenvalue weighted by Crippen LogP contribution is 2.38. The molecule has 1 saturated carbocycles. The summed E-state index contributed by atoms with van der Waals surface area (Å²) in [5, 5.41) is 5.13. The van der Waals surface area contributed by atoms with Gasteiger partial charge in [-0.05, 0) is 38.1 Å². The maximum absolute atomic E-state index is 4.38. The molecule has 3 atom stereocenters. The summed E-state index contributed by atoms with van der Waals surface area (Å²) in [4.78, 5) is 8.54. The van der Waals surface area contributed by atoms with Crippen molar-refractivity contribution < 1.29 is 0 Å². The van der Waals surface area contributed by atoms with E-state index in [1.807, 2.05) is 18.0 Å². The maximum Gasteiger partial charge on any atom is 0.115 e. The summed E-state index contributed by atoms with van der Waals surface area (Å²) < 4.78 is 0. The Morgan fingerprint density at radius 3 is 2.78 bits per heavy atom. The minimum atomic E-state index is 0.604. The SMILES string of the molecule is CNC1CCC(C(C)C)CC1Sc1cnccn1. The van der Waals surface area contributed by atoms with Crippen molar-refractivity contribution in [2.45, 2.75) is 49.4 Å². The Morgan fingerprint density at radius 1 is 1.33 bits per heavy atom. The third-order valence-electron chi connectivity index (χ3n) is 3.96. The predicted molar refractivity (Wildman–Crippen MR) is 76.7 cm³/mol. The average molecular weight is 265 g/mol. The number of hydrogen-bond acceptors (Lipinski definition) is 4. The van der Waals surface area contributed by atoms with Gasteiger partial charge in [0.25, 0.3) is 0 Å². The zero-order chi connectivity index (χ0) is 13.0. The summed E-state index contributed by atoms with van der Waals surface area (Å²) in [7, 11) is 2.07.